The van der Waals surface area contributed by atoms with Gasteiger partial charge in [0.05, 0.1) is 6.10 Å². The van der Waals surface area contributed by atoms with Crippen molar-refractivity contribution in [1.82, 2.24) is 15.2 Å². The molecule has 0 bridgehead atoms. The molecule has 1 fully saturated rings. The van der Waals surface area contributed by atoms with Gasteiger partial charge in [0.2, 0.25) is 0 Å². The molecule has 0 spiro atoms. The van der Waals surface area contributed by atoms with Crippen LogP contribution in [-0.2, 0) is 19.6 Å². The number of hydrogen-bond donors (Lipinski definition) is 3. The number of aliphatic hydroxyl groups is 1. The van der Waals surface area contributed by atoms with E-state index in [1.54, 1.807) is 0 Å². The zero-order chi connectivity index (χ0) is 15.2. The van der Waals surface area contributed by atoms with Gasteiger partial charge in [-0.1, -0.05) is 24.3 Å². The Balaban J connectivity index is 1.55. The van der Waals surface area contributed by atoms with Gasteiger partial charge in [-0.2, -0.15) is 0 Å². The molecule has 1 aliphatic rings. The van der Waals surface area contributed by atoms with E-state index in [0.717, 1.165) is 45.6 Å². The lowest BCUT2D eigenvalue weighted by Gasteiger charge is -2.30. The molecule has 22 heavy (non-hydrogen) atoms. The average molecular weight is 299 g/mol. The molecule has 0 unspecified atom stereocenters. The molecule has 2 heterocycles. The SMILES string of the molecule is OC1CCN(Cc2ccccc2CNCc2cc[nH]c2)CC1. The van der Waals surface area contributed by atoms with Crippen molar-refractivity contribution in [3.05, 3.63) is 59.4 Å². The van der Waals surface area contributed by atoms with Crippen LogP contribution in [0.3, 0.4) is 0 Å². The fourth-order valence-electron chi connectivity index (χ4n) is 3.01. The van der Waals surface area contributed by atoms with E-state index < -0.39 is 0 Å². The van der Waals surface area contributed by atoms with E-state index in [1.807, 2.05) is 12.4 Å². The standard InChI is InChI=1S/C18H25N3O/c22-18-6-9-21(10-7-18)14-17-4-2-1-3-16(17)13-20-12-15-5-8-19-11-15/h1-5,8,11,18-20,22H,6-7,9-10,12-14H2. The van der Waals surface area contributed by atoms with Gasteiger partial charge in [-0.05, 0) is 35.6 Å². The van der Waals surface area contributed by atoms with E-state index >= 15 is 0 Å². The Labute approximate surface area is 132 Å². The Morgan fingerprint density at radius 2 is 1.86 bits per heavy atom. The summed E-state index contributed by atoms with van der Waals surface area (Å²) in [5.74, 6) is 0. The molecule has 1 aromatic heterocycles. The number of nitrogens with zero attached hydrogens (tertiary/aromatic N) is 1. The van der Waals surface area contributed by atoms with E-state index in [2.05, 4.69) is 45.5 Å². The minimum atomic E-state index is -0.102. The number of H-pyrrole nitrogens is 1. The molecule has 1 saturated heterocycles. The van der Waals surface area contributed by atoms with Crippen molar-refractivity contribution in [1.29, 1.82) is 0 Å². The number of hydrogen-bond acceptors (Lipinski definition) is 3. The third kappa shape index (κ3) is 4.19. The molecule has 3 rings (SSSR count). The quantitative estimate of drug-likeness (QED) is 0.767. The van der Waals surface area contributed by atoms with Crippen molar-refractivity contribution in [3.8, 4) is 0 Å². The first kappa shape index (κ1) is 15.3. The Hall–Kier alpha value is -1.62. The second kappa shape index (κ2) is 7.58. The van der Waals surface area contributed by atoms with Crippen LogP contribution in [-0.4, -0.2) is 34.2 Å². The monoisotopic (exact) mass is 299 g/mol. The van der Waals surface area contributed by atoms with Gasteiger partial charge in [0, 0.05) is 45.1 Å². The van der Waals surface area contributed by atoms with Crippen LogP contribution in [0.15, 0.2) is 42.7 Å². The third-order valence-electron chi connectivity index (χ3n) is 4.38. The van der Waals surface area contributed by atoms with Crippen LogP contribution < -0.4 is 5.32 Å². The normalized spacial score (nSPS) is 17.0. The first-order chi connectivity index (χ1) is 10.8. The molecular weight excluding hydrogens is 274 g/mol. The summed E-state index contributed by atoms with van der Waals surface area (Å²) >= 11 is 0. The zero-order valence-electron chi connectivity index (χ0n) is 13.0. The van der Waals surface area contributed by atoms with Crippen LogP contribution in [0.25, 0.3) is 0 Å². The predicted octanol–water partition coefficient (Wildman–Crippen LogP) is 2.26. The van der Waals surface area contributed by atoms with Gasteiger partial charge in [0.15, 0.2) is 0 Å². The van der Waals surface area contributed by atoms with Gasteiger partial charge < -0.3 is 15.4 Å². The Morgan fingerprint density at radius 1 is 1.09 bits per heavy atom. The van der Waals surface area contributed by atoms with Gasteiger partial charge in [-0.3, -0.25) is 4.90 Å². The number of nitrogens with one attached hydrogen (secondary N) is 2. The van der Waals surface area contributed by atoms with E-state index in [-0.39, 0.29) is 6.10 Å². The maximum atomic E-state index is 9.62. The summed E-state index contributed by atoms with van der Waals surface area (Å²) in [6.07, 6.45) is 5.67. The highest BCUT2D eigenvalue weighted by Crippen LogP contribution is 2.16. The molecular formula is C18H25N3O. The number of aromatic amines is 1. The smallest absolute Gasteiger partial charge is 0.0564 e. The zero-order valence-corrected chi connectivity index (χ0v) is 13.0. The van der Waals surface area contributed by atoms with E-state index in [0.29, 0.717) is 0 Å². The lowest BCUT2D eigenvalue weighted by atomic mass is 10.0. The van der Waals surface area contributed by atoms with Crippen LogP contribution in [0, 0.1) is 0 Å². The van der Waals surface area contributed by atoms with Crippen molar-refractivity contribution in [3.63, 3.8) is 0 Å². The maximum absolute atomic E-state index is 9.62. The summed E-state index contributed by atoms with van der Waals surface area (Å²) in [6.45, 7) is 4.73. The first-order valence-electron chi connectivity index (χ1n) is 8.11. The lowest BCUT2D eigenvalue weighted by Crippen LogP contribution is -2.35. The molecule has 4 heteroatoms. The molecule has 2 aromatic rings. The molecule has 1 aliphatic heterocycles. The van der Waals surface area contributed by atoms with Crippen LogP contribution >= 0.6 is 0 Å². The number of aliphatic hydroxyl groups excluding tert-OH is 1. The van der Waals surface area contributed by atoms with Crippen LogP contribution in [0.2, 0.25) is 0 Å². The highest BCUT2D eigenvalue weighted by atomic mass is 16.3. The predicted molar refractivity (Wildman–Crippen MR) is 88.3 cm³/mol. The molecule has 3 N–H and O–H groups in total. The van der Waals surface area contributed by atoms with Gasteiger partial charge in [0.25, 0.3) is 0 Å². The van der Waals surface area contributed by atoms with Crippen LogP contribution in [0.4, 0.5) is 0 Å². The molecule has 0 radical (unpaired) electrons. The molecule has 0 amide bonds. The Bertz CT molecular complexity index is 559. The van der Waals surface area contributed by atoms with Crippen LogP contribution in [0.1, 0.15) is 29.5 Å². The van der Waals surface area contributed by atoms with Gasteiger partial charge in [-0.15, -0.1) is 0 Å². The first-order valence-corrected chi connectivity index (χ1v) is 8.11. The van der Waals surface area contributed by atoms with Crippen molar-refractivity contribution in [2.75, 3.05) is 13.1 Å². The van der Waals surface area contributed by atoms with Crippen molar-refractivity contribution in [2.24, 2.45) is 0 Å². The summed E-state index contributed by atoms with van der Waals surface area (Å²) in [7, 11) is 0. The minimum Gasteiger partial charge on any atom is -0.393 e. The minimum absolute atomic E-state index is 0.102. The molecule has 1 aromatic carbocycles. The fourth-order valence-corrected chi connectivity index (χ4v) is 3.01. The van der Waals surface area contributed by atoms with E-state index in [1.165, 1.54) is 16.7 Å². The third-order valence-corrected chi connectivity index (χ3v) is 4.38. The largest absolute Gasteiger partial charge is 0.393 e. The van der Waals surface area contributed by atoms with Crippen LogP contribution in [0.5, 0.6) is 0 Å². The van der Waals surface area contributed by atoms with E-state index in [9.17, 15) is 5.11 Å². The molecule has 0 atom stereocenters. The fraction of sp³-hybridized carbons (Fsp3) is 0.444. The van der Waals surface area contributed by atoms with Gasteiger partial charge in [-0.25, -0.2) is 0 Å². The summed E-state index contributed by atoms with van der Waals surface area (Å²) in [5, 5.41) is 13.1. The van der Waals surface area contributed by atoms with Gasteiger partial charge >= 0.3 is 0 Å². The molecule has 118 valence electrons. The number of piperidine rings is 1. The second-order valence-electron chi connectivity index (χ2n) is 6.10. The number of aromatic nitrogens is 1. The van der Waals surface area contributed by atoms with Crippen molar-refractivity contribution < 1.29 is 5.11 Å². The summed E-state index contributed by atoms with van der Waals surface area (Å²) in [5.41, 5.74) is 4.03. The number of rotatable bonds is 6. The molecule has 0 saturated carbocycles. The van der Waals surface area contributed by atoms with Crippen molar-refractivity contribution in [2.45, 2.75) is 38.6 Å². The lowest BCUT2D eigenvalue weighted by molar-refractivity contribution is 0.0791. The van der Waals surface area contributed by atoms with Crippen molar-refractivity contribution >= 4 is 0 Å². The molecule has 4 nitrogen and oxygen atoms in total. The summed E-state index contributed by atoms with van der Waals surface area (Å²) in [6, 6.07) is 10.7. The maximum Gasteiger partial charge on any atom is 0.0564 e. The van der Waals surface area contributed by atoms with Gasteiger partial charge in [0.1, 0.15) is 0 Å². The summed E-state index contributed by atoms with van der Waals surface area (Å²) in [4.78, 5) is 5.52. The highest BCUT2D eigenvalue weighted by Gasteiger charge is 2.17. The topological polar surface area (TPSA) is 51.3 Å². The van der Waals surface area contributed by atoms with E-state index in [4.69, 9.17) is 0 Å². The Kier molecular flexibility index (Phi) is 5.27. The average Bonchev–Trinajstić information content (AvgIpc) is 3.05. The Morgan fingerprint density at radius 3 is 2.59 bits per heavy atom. The highest BCUT2D eigenvalue weighted by molar-refractivity contribution is 5.27. The molecule has 0 aliphatic carbocycles. The second-order valence-corrected chi connectivity index (χ2v) is 6.10. The number of likely N-dealkylation sites (tertiary alicyclic amines) is 1. The number of benzene rings is 1. The summed E-state index contributed by atoms with van der Waals surface area (Å²) < 4.78 is 0.